The van der Waals surface area contributed by atoms with E-state index in [2.05, 4.69) is 22.0 Å². The molecule has 6 heteroatoms. The Morgan fingerprint density at radius 2 is 1.59 bits per heavy atom. The van der Waals surface area contributed by atoms with Crippen molar-refractivity contribution in [3.05, 3.63) is 66.0 Å². The molecule has 1 aliphatic rings. The van der Waals surface area contributed by atoms with Crippen molar-refractivity contribution in [2.75, 3.05) is 33.2 Å². The Hall–Kier alpha value is -2.99. The molecule has 2 aromatic carbocycles. The van der Waals surface area contributed by atoms with Gasteiger partial charge in [-0.2, -0.15) is 0 Å². The molecule has 6 nitrogen and oxygen atoms in total. The average molecular weight is 361 g/mol. The molecule has 0 atom stereocenters. The predicted molar refractivity (Wildman–Crippen MR) is 105 cm³/mol. The minimum Gasteiger partial charge on any atom is -0.333 e. The molecule has 1 amide bonds. The molecule has 0 unspecified atom stereocenters. The van der Waals surface area contributed by atoms with Crippen LogP contribution in [0.1, 0.15) is 16.2 Å². The van der Waals surface area contributed by atoms with E-state index in [9.17, 15) is 4.79 Å². The normalized spacial score (nSPS) is 15.1. The zero-order valence-electron chi connectivity index (χ0n) is 15.7. The van der Waals surface area contributed by atoms with Crippen LogP contribution in [0.25, 0.3) is 17.1 Å². The van der Waals surface area contributed by atoms with Crippen LogP contribution in [-0.4, -0.2) is 63.7 Å². The van der Waals surface area contributed by atoms with Gasteiger partial charge in [0.1, 0.15) is 0 Å². The van der Waals surface area contributed by atoms with E-state index in [1.807, 2.05) is 66.4 Å². The van der Waals surface area contributed by atoms with Crippen LogP contribution in [0.2, 0.25) is 0 Å². The Balaban J connectivity index is 1.73. The second-order valence-electron chi connectivity index (χ2n) is 6.97. The van der Waals surface area contributed by atoms with E-state index in [4.69, 9.17) is 0 Å². The molecular weight excluding hydrogens is 338 g/mol. The number of aromatic nitrogens is 3. The van der Waals surface area contributed by atoms with Crippen LogP contribution in [0.4, 0.5) is 0 Å². The predicted octanol–water partition coefficient (Wildman–Crippen LogP) is 2.63. The Labute approximate surface area is 159 Å². The van der Waals surface area contributed by atoms with Crippen molar-refractivity contribution >= 4 is 5.91 Å². The molecule has 2 heterocycles. The molecule has 1 aliphatic heterocycles. The summed E-state index contributed by atoms with van der Waals surface area (Å²) in [6.07, 6.45) is 0. The number of amides is 1. The van der Waals surface area contributed by atoms with Crippen LogP contribution >= 0.6 is 0 Å². The lowest BCUT2D eigenvalue weighted by Crippen LogP contribution is -2.47. The van der Waals surface area contributed by atoms with Crippen molar-refractivity contribution in [3.63, 3.8) is 0 Å². The summed E-state index contributed by atoms with van der Waals surface area (Å²) in [5.41, 5.74) is 3.00. The SMILES string of the molecule is Cc1ccc(-n2nc(C(=O)N3CCN(C)CC3)nc2-c2ccccc2)cc1. The Bertz CT molecular complexity index is 925. The van der Waals surface area contributed by atoms with E-state index >= 15 is 0 Å². The smallest absolute Gasteiger partial charge is 0.293 e. The van der Waals surface area contributed by atoms with Crippen LogP contribution in [0.15, 0.2) is 54.6 Å². The zero-order valence-corrected chi connectivity index (χ0v) is 15.7. The Morgan fingerprint density at radius 1 is 0.926 bits per heavy atom. The number of carbonyl (C=O) groups is 1. The van der Waals surface area contributed by atoms with Gasteiger partial charge in [0.25, 0.3) is 5.91 Å². The van der Waals surface area contributed by atoms with Gasteiger partial charge in [-0.05, 0) is 26.1 Å². The molecule has 0 saturated carbocycles. The molecule has 0 radical (unpaired) electrons. The lowest BCUT2D eigenvalue weighted by atomic mass is 10.2. The molecular formula is C21H23N5O. The lowest BCUT2D eigenvalue weighted by molar-refractivity contribution is 0.0652. The number of piperazine rings is 1. The molecule has 27 heavy (non-hydrogen) atoms. The Morgan fingerprint density at radius 3 is 2.26 bits per heavy atom. The molecule has 3 aromatic rings. The highest BCUT2D eigenvalue weighted by Crippen LogP contribution is 2.22. The first-order chi connectivity index (χ1) is 13.1. The summed E-state index contributed by atoms with van der Waals surface area (Å²) in [6.45, 7) is 5.20. The molecule has 1 aromatic heterocycles. The molecule has 0 spiro atoms. The molecule has 0 bridgehead atoms. The van der Waals surface area contributed by atoms with E-state index in [-0.39, 0.29) is 11.7 Å². The number of rotatable bonds is 3. The zero-order chi connectivity index (χ0) is 18.8. The highest BCUT2D eigenvalue weighted by Gasteiger charge is 2.25. The first-order valence-corrected chi connectivity index (χ1v) is 9.19. The number of hydrogen-bond donors (Lipinski definition) is 0. The highest BCUT2D eigenvalue weighted by atomic mass is 16.2. The number of hydrogen-bond acceptors (Lipinski definition) is 4. The van der Waals surface area contributed by atoms with Crippen molar-refractivity contribution in [3.8, 4) is 17.1 Å². The maximum absolute atomic E-state index is 13.0. The first-order valence-electron chi connectivity index (χ1n) is 9.19. The van der Waals surface area contributed by atoms with Gasteiger partial charge in [0.2, 0.25) is 5.82 Å². The topological polar surface area (TPSA) is 54.3 Å². The third kappa shape index (κ3) is 3.61. The molecule has 0 N–H and O–H groups in total. The molecule has 138 valence electrons. The number of carbonyl (C=O) groups excluding carboxylic acids is 1. The fourth-order valence-electron chi connectivity index (χ4n) is 3.19. The maximum atomic E-state index is 13.0. The van der Waals surface area contributed by atoms with Gasteiger partial charge in [0, 0.05) is 31.7 Å². The van der Waals surface area contributed by atoms with Gasteiger partial charge >= 0.3 is 0 Å². The van der Waals surface area contributed by atoms with Gasteiger partial charge in [-0.1, -0.05) is 48.0 Å². The third-order valence-corrected chi connectivity index (χ3v) is 4.90. The fourth-order valence-corrected chi connectivity index (χ4v) is 3.19. The second kappa shape index (κ2) is 7.32. The molecule has 0 aliphatic carbocycles. The highest BCUT2D eigenvalue weighted by molar-refractivity contribution is 5.91. The summed E-state index contributed by atoms with van der Waals surface area (Å²) in [4.78, 5) is 21.6. The van der Waals surface area contributed by atoms with Gasteiger partial charge in [-0.3, -0.25) is 4.79 Å². The number of nitrogens with zero attached hydrogens (tertiary/aromatic N) is 5. The standard InChI is InChI=1S/C21H23N5O/c1-16-8-10-18(11-9-16)26-20(17-6-4-3-5-7-17)22-19(23-26)21(27)25-14-12-24(2)13-15-25/h3-11H,12-15H2,1-2H3. The molecule has 4 rings (SSSR count). The van der Waals surface area contributed by atoms with Crippen molar-refractivity contribution in [1.82, 2.24) is 24.6 Å². The van der Waals surface area contributed by atoms with E-state index < -0.39 is 0 Å². The Kier molecular flexibility index (Phi) is 4.73. The van der Waals surface area contributed by atoms with Gasteiger partial charge in [0.15, 0.2) is 5.82 Å². The van der Waals surface area contributed by atoms with Crippen LogP contribution < -0.4 is 0 Å². The monoisotopic (exact) mass is 361 g/mol. The van der Waals surface area contributed by atoms with Crippen molar-refractivity contribution in [2.45, 2.75) is 6.92 Å². The van der Waals surface area contributed by atoms with E-state index in [0.717, 1.165) is 24.3 Å². The van der Waals surface area contributed by atoms with E-state index in [0.29, 0.717) is 18.9 Å². The molecule has 1 saturated heterocycles. The van der Waals surface area contributed by atoms with Crippen molar-refractivity contribution in [2.24, 2.45) is 0 Å². The van der Waals surface area contributed by atoms with Crippen LogP contribution in [0.3, 0.4) is 0 Å². The average Bonchev–Trinajstić information content (AvgIpc) is 3.15. The van der Waals surface area contributed by atoms with Gasteiger partial charge < -0.3 is 9.80 Å². The van der Waals surface area contributed by atoms with Crippen LogP contribution in [-0.2, 0) is 0 Å². The van der Waals surface area contributed by atoms with Crippen molar-refractivity contribution in [1.29, 1.82) is 0 Å². The summed E-state index contributed by atoms with van der Waals surface area (Å²) < 4.78 is 1.76. The molecule has 1 fully saturated rings. The maximum Gasteiger partial charge on any atom is 0.293 e. The van der Waals surface area contributed by atoms with Gasteiger partial charge in [-0.25, -0.2) is 9.67 Å². The minimum atomic E-state index is -0.105. The summed E-state index contributed by atoms with van der Waals surface area (Å²) in [6, 6.07) is 17.9. The van der Waals surface area contributed by atoms with E-state index in [1.54, 1.807) is 4.68 Å². The number of aryl methyl sites for hydroxylation is 1. The number of benzene rings is 2. The van der Waals surface area contributed by atoms with Crippen molar-refractivity contribution < 1.29 is 4.79 Å². The van der Waals surface area contributed by atoms with Gasteiger partial charge in [0.05, 0.1) is 5.69 Å². The summed E-state index contributed by atoms with van der Waals surface area (Å²) in [7, 11) is 2.07. The summed E-state index contributed by atoms with van der Waals surface area (Å²) in [5.74, 6) is 0.821. The van der Waals surface area contributed by atoms with Crippen LogP contribution in [0.5, 0.6) is 0 Å². The van der Waals surface area contributed by atoms with Gasteiger partial charge in [-0.15, -0.1) is 5.10 Å². The summed E-state index contributed by atoms with van der Waals surface area (Å²) in [5, 5.41) is 4.58. The lowest BCUT2D eigenvalue weighted by Gasteiger charge is -2.31. The second-order valence-corrected chi connectivity index (χ2v) is 6.97. The van der Waals surface area contributed by atoms with E-state index in [1.165, 1.54) is 5.56 Å². The number of likely N-dealkylation sites (N-methyl/N-ethyl adjacent to an activating group) is 1. The summed E-state index contributed by atoms with van der Waals surface area (Å²) >= 11 is 0. The quantitative estimate of drug-likeness (QED) is 0.720. The third-order valence-electron chi connectivity index (χ3n) is 4.90. The largest absolute Gasteiger partial charge is 0.333 e. The fraction of sp³-hybridized carbons (Fsp3) is 0.286. The first kappa shape index (κ1) is 17.4. The minimum absolute atomic E-state index is 0.105. The van der Waals surface area contributed by atoms with Crippen LogP contribution in [0, 0.1) is 6.92 Å².